The monoisotopic (exact) mass is 281 g/mol. The van der Waals surface area contributed by atoms with Crippen LogP contribution in [0.25, 0.3) is 0 Å². The highest BCUT2D eigenvalue weighted by molar-refractivity contribution is 9.10. The number of carbonyl (C=O) groups excluding carboxylic acids is 1. The first kappa shape index (κ1) is 11.6. The van der Waals surface area contributed by atoms with Crippen molar-refractivity contribution < 1.29 is 4.79 Å². The van der Waals surface area contributed by atoms with Gasteiger partial charge in [-0.25, -0.2) is 0 Å². The van der Waals surface area contributed by atoms with Crippen molar-refractivity contribution in [1.82, 2.24) is 4.90 Å². The van der Waals surface area contributed by atoms with Gasteiger partial charge in [-0.3, -0.25) is 4.79 Å². The molecule has 1 aliphatic rings. The third-order valence-electron chi connectivity index (χ3n) is 3.30. The summed E-state index contributed by atoms with van der Waals surface area (Å²) in [5.74, 6) is 0.124. The van der Waals surface area contributed by atoms with E-state index < -0.39 is 0 Å². The second-order valence-corrected chi connectivity index (χ2v) is 5.19. The van der Waals surface area contributed by atoms with Gasteiger partial charge in [0.25, 0.3) is 5.91 Å². The zero-order valence-corrected chi connectivity index (χ0v) is 11.0. The second kappa shape index (κ2) is 5.00. The second-order valence-electron chi connectivity index (χ2n) is 4.33. The van der Waals surface area contributed by atoms with Gasteiger partial charge in [-0.2, -0.15) is 0 Å². The van der Waals surface area contributed by atoms with Crippen LogP contribution < -0.4 is 0 Å². The molecule has 0 N–H and O–H groups in total. The van der Waals surface area contributed by atoms with Crippen LogP contribution in [0.5, 0.6) is 0 Å². The van der Waals surface area contributed by atoms with Crippen molar-refractivity contribution in [2.45, 2.75) is 31.7 Å². The maximum atomic E-state index is 12.2. The first-order chi connectivity index (χ1) is 7.70. The molecule has 1 aliphatic carbocycles. The van der Waals surface area contributed by atoms with Crippen molar-refractivity contribution in [2.75, 3.05) is 7.05 Å². The maximum Gasteiger partial charge on any atom is 0.254 e. The largest absolute Gasteiger partial charge is 0.339 e. The van der Waals surface area contributed by atoms with Gasteiger partial charge in [0.2, 0.25) is 0 Å². The van der Waals surface area contributed by atoms with Crippen molar-refractivity contribution >= 4 is 21.8 Å². The molecular formula is C13H16BrNO. The molecule has 0 saturated heterocycles. The standard InChI is InChI=1S/C13H16BrNO/c1-15(10-6-2-3-7-10)13(16)11-8-4-5-9-12(11)14/h4-5,8-10H,2-3,6-7H2,1H3. The van der Waals surface area contributed by atoms with E-state index in [1.807, 2.05) is 36.2 Å². The SMILES string of the molecule is CN(C(=O)c1ccccc1Br)C1CCCC1. The van der Waals surface area contributed by atoms with Gasteiger partial charge in [0.1, 0.15) is 0 Å². The fourth-order valence-electron chi connectivity index (χ4n) is 2.28. The van der Waals surface area contributed by atoms with E-state index in [2.05, 4.69) is 15.9 Å². The summed E-state index contributed by atoms with van der Waals surface area (Å²) < 4.78 is 0.879. The Morgan fingerprint density at radius 2 is 1.94 bits per heavy atom. The Bertz CT molecular complexity index is 385. The Kier molecular flexibility index (Phi) is 3.64. The lowest BCUT2D eigenvalue weighted by molar-refractivity contribution is 0.0734. The topological polar surface area (TPSA) is 20.3 Å². The number of halogens is 1. The fraction of sp³-hybridized carbons (Fsp3) is 0.462. The zero-order valence-electron chi connectivity index (χ0n) is 9.45. The molecule has 2 nitrogen and oxygen atoms in total. The van der Waals surface area contributed by atoms with Crippen LogP contribution in [-0.4, -0.2) is 23.9 Å². The minimum atomic E-state index is 0.124. The molecule has 16 heavy (non-hydrogen) atoms. The maximum absolute atomic E-state index is 12.2. The van der Waals surface area contributed by atoms with Crippen LogP contribution >= 0.6 is 15.9 Å². The van der Waals surface area contributed by atoms with Crippen LogP contribution in [0.3, 0.4) is 0 Å². The van der Waals surface area contributed by atoms with E-state index in [9.17, 15) is 4.79 Å². The first-order valence-corrected chi connectivity index (χ1v) is 6.51. The lowest BCUT2D eigenvalue weighted by atomic mass is 10.1. The molecule has 3 heteroatoms. The first-order valence-electron chi connectivity index (χ1n) is 5.72. The molecule has 86 valence electrons. The number of carbonyl (C=O) groups is 1. The van der Waals surface area contributed by atoms with Crippen LogP contribution in [0.4, 0.5) is 0 Å². The Labute approximate surface area is 105 Å². The van der Waals surface area contributed by atoms with Crippen molar-refractivity contribution in [3.05, 3.63) is 34.3 Å². The van der Waals surface area contributed by atoms with E-state index in [0.717, 1.165) is 22.9 Å². The molecule has 1 saturated carbocycles. The van der Waals surface area contributed by atoms with Crippen molar-refractivity contribution in [3.8, 4) is 0 Å². The van der Waals surface area contributed by atoms with Crippen LogP contribution in [0.2, 0.25) is 0 Å². The van der Waals surface area contributed by atoms with E-state index in [1.165, 1.54) is 12.8 Å². The van der Waals surface area contributed by atoms with Crippen LogP contribution in [0, 0.1) is 0 Å². The molecule has 1 aromatic rings. The zero-order chi connectivity index (χ0) is 11.5. The fourth-order valence-corrected chi connectivity index (χ4v) is 2.74. The third-order valence-corrected chi connectivity index (χ3v) is 3.99. The normalized spacial score (nSPS) is 16.4. The van der Waals surface area contributed by atoms with Crippen molar-refractivity contribution in [3.63, 3.8) is 0 Å². The number of benzene rings is 1. The number of hydrogen-bond acceptors (Lipinski definition) is 1. The van der Waals surface area contributed by atoms with Crippen LogP contribution in [0.1, 0.15) is 36.0 Å². The molecule has 0 aromatic heterocycles. The molecule has 0 bridgehead atoms. The molecule has 0 heterocycles. The summed E-state index contributed by atoms with van der Waals surface area (Å²) in [4.78, 5) is 14.1. The molecular weight excluding hydrogens is 266 g/mol. The van der Waals surface area contributed by atoms with Crippen molar-refractivity contribution in [1.29, 1.82) is 0 Å². The Hall–Kier alpha value is -0.830. The summed E-state index contributed by atoms with van der Waals surface area (Å²) in [6.45, 7) is 0. The van der Waals surface area contributed by atoms with Gasteiger partial charge in [-0.1, -0.05) is 25.0 Å². The number of amides is 1. The van der Waals surface area contributed by atoms with Gasteiger partial charge in [0.15, 0.2) is 0 Å². The number of nitrogens with zero attached hydrogens (tertiary/aromatic N) is 1. The van der Waals surface area contributed by atoms with Crippen LogP contribution in [0.15, 0.2) is 28.7 Å². The number of rotatable bonds is 2. The minimum absolute atomic E-state index is 0.124. The predicted octanol–water partition coefficient (Wildman–Crippen LogP) is 3.46. The van der Waals surface area contributed by atoms with Crippen molar-refractivity contribution in [2.24, 2.45) is 0 Å². The summed E-state index contributed by atoms with van der Waals surface area (Å²) in [7, 11) is 1.91. The molecule has 1 aromatic carbocycles. The average molecular weight is 282 g/mol. The molecule has 1 amide bonds. The van der Waals surface area contributed by atoms with E-state index in [1.54, 1.807) is 0 Å². The van der Waals surface area contributed by atoms with Gasteiger partial charge in [0, 0.05) is 17.6 Å². The van der Waals surface area contributed by atoms with Crippen LogP contribution in [-0.2, 0) is 0 Å². The lowest BCUT2D eigenvalue weighted by Crippen LogP contribution is -2.35. The quantitative estimate of drug-likeness (QED) is 0.813. The van der Waals surface area contributed by atoms with Gasteiger partial charge in [-0.05, 0) is 40.9 Å². The van der Waals surface area contributed by atoms with Gasteiger partial charge < -0.3 is 4.90 Å². The van der Waals surface area contributed by atoms with E-state index in [-0.39, 0.29) is 5.91 Å². The van der Waals surface area contributed by atoms with Gasteiger partial charge in [-0.15, -0.1) is 0 Å². The predicted molar refractivity (Wildman–Crippen MR) is 68.5 cm³/mol. The van der Waals surface area contributed by atoms with Gasteiger partial charge >= 0.3 is 0 Å². The summed E-state index contributed by atoms with van der Waals surface area (Å²) in [6.07, 6.45) is 4.79. The highest BCUT2D eigenvalue weighted by atomic mass is 79.9. The molecule has 1 fully saturated rings. The molecule has 0 unspecified atom stereocenters. The molecule has 0 radical (unpaired) electrons. The average Bonchev–Trinajstić information content (AvgIpc) is 2.81. The Morgan fingerprint density at radius 3 is 2.56 bits per heavy atom. The Balaban J connectivity index is 2.15. The number of hydrogen-bond donors (Lipinski definition) is 0. The highest BCUT2D eigenvalue weighted by Gasteiger charge is 2.24. The summed E-state index contributed by atoms with van der Waals surface area (Å²) >= 11 is 3.43. The van der Waals surface area contributed by atoms with E-state index in [0.29, 0.717) is 6.04 Å². The Morgan fingerprint density at radius 1 is 1.31 bits per heavy atom. The molecule has 0 spiro atoms. The third kappa shape index (κ3) is 2.29. The molecule has 0 atom stereocenters. The van der Waals surface area contributed by atoms with Gasteiger partial charge in [0.05, 0.1) is 5.56 Å². The molecule has 0 aliphatic heterocycles. The lowest BCUT2D eigenvalue weighted by Gasteiger charge is -2.24. The van der Waals surface area contributed by atoms with E-state index >= 15 is 0 Å². The van der Waals surface area contributed by atoms with E-state index in [4.69, 9.17) is 0 Å². The summed E-state index contributed by atoms with van der Waals surface area (Å²) in [6, 6.07) is 8.05. The minimum Gasteiger partial charge on any atom is -0.339 e. The smallest absolute Gasteiger partial charge is 0.254 e. The molecule has 2 rings (SSSR count). The highest BCUT2D eigenvalue weighted by Crippen LogP contribution is 2.25. The summed E-state index contributed by atoms with van der Waals surface area (Å²) in [5.41, 5.74) is 0.761. The summed E-state index contributed by atoms with van der Waals surface area (Å²) in [5, 5.41) is 0.